The Hall–Kier alpha value is -3.43. The number of benzene rings is 3. The van der Waals surface area contributed by atoms with Gasteiger partial charge in [-0.1, -0.05) is 58.9 Å². The van der Waals surface area contributed by atoms with Gasteiger partial charge in [0.2, 0.25) is 0 Å². The first-order valence-electron chi connectivity index (χ1n) is 11.8. The maximum Gasteiger partial charge on any atom is 0.335 e. The number of hydrogen-bond acceptors (Lipinski definition) is 6. The molecule has 37 heavy (non-hydrogen) atoms. The van der Waals surface area contributed by atoms with Gasteiger partial charge in [0.05, 0.1) is 17.1 Å². The number of nitrogens with one attached hydrogen (secondary N) is 2. The highest BCUT2D eigenvalue weighted by Gasteiger charge is 2.27. The number of carbonyl (C=O) groups excluding carboxylic acids is 1. The van der Waals surface area contributed by atoms with Gasteiger partial charge < -0.3 is 25.2 Å². The largest absolute Gasteiger partial charge is 0.490 e. The van der Waals surface area contributed by atoms with Crippen LogP contribution < -0.4 is 20.1 Å². The Labute approximate surface area is 228 Å². The molecule has 0 unspecified atom stereocenters. The van der Waals surface area contributed by atoms with E-state index in [0.29, 0.717) is 23.0 Å². The van der Waals surface area contributed by atoms with Gasteiger partial charge >= 0.3 is 5.97 Å². The molecule has 7 nitrogen and oxygen atoms in total. The van der Waals surface area contributed by atoms with Crippen molar-refractivity contribution in [3.05, 3.63) is 92.3 Å². The Kier molecular flexibility index (Phi) is 8.78. The lowest BCUT2D eigenvalue weighted by molar-refractivity contribution is -0.116. The zero-order valence-corrected chi connectivity index (χ0v) is 22.8. The van der Waals surface area contributed by atoms with Gasteiger partial charge in [0, 0.05) is 10.2 Å². The number of halogens is 1. The number of rotatable bonds is 10. The summed E-state index contributed by atoms with van der Waals surface area (Å²) in [6.45, 7) is 4.69. The molecule has 3 N–H and O–H groups in total. The SMILES string of the molecule is CCOc1cc(/C=C2\S[C@H](Nc3ccc(CC)cc3)NC2=O)c(Br)cc1OCc1ccc(C(=O)O)cc1. The molecule has 192 valence electrons. The number of carbonyl (C=O) groups is 2. The van der Waals surface area contributed by atoms with Crippen LogP contribution in [0.1, 0.15) is 40.9 Å². The van der Waals surface area contributed by atoms with Crippen molar-refractivity contribution in [2.24, 2.45) is 0 Å². The molecule has 0 saturated carbocycles. The zero-order chi connectivity index (χ0) is 26.4. The van der Waals surface area contributed by atoms with Crippen molar-refractivity contribution in [3.8, 4) is 11.5 Å². The summed E-state index contributed by atoms with van der Waals surface area (Å²) in [5.74, 6) is -0.0326. The second kappa shape index (κ2) is 12.2. The Bertz CT molecular complexity index is 1310. The minimum absolute atomic E-state index is 0.150. The van der Waals surface area contributed by atoms with Crippen LogP contribution in [-0.4, -0.2) is 29.1 Å². The van der Waals surface area contributed by atoms with E-state index in [0.717, 1.165) is 27.7 Å². The summed E-state index contributed by atoms with van der Waals surface area (Å²) in [6, 6.07) is 18.3. The fraction of sp³-hybridized carbons (Fsp3) is 0.214. The third-order valence-electron chi connectivity index (χ3n) is 5.64. The Balaban J connectivity index is 1.47. The molecule has 4 rings (SSSR count). The highest BCUT2D eigenvalue weighted by Crippen LogP contribution is 2.38. The van der Waals surface area contributed by atoms with Crippen LogP contribution in [0.5, 0.6) is 11.5 Å². The van der Waals surface area contributed by atoms with Gasteiger partial charge in [-0.3, -0.25) is 4.79 Å². The first-order chi connectivity index (χ1) is 17.9. The number of aryl methyl sites for hydroxylation is 1. The summed E-state index contributed by atoms with van der Waals surface area (Å²) in [6.07, 6.45) is 2.80. The van der Waals surface area contributed by atoms with Gasteiger partial charge in [0.25, 0.3) is 5.91 Å². The van der Waals surface area contributed by atoms with Gasteiger partial charge in [0.15, 0.2) is 17.0 Å². The van der Waals surface area contributed by atoms with E-state index >= 15 is 0 Å². The molecule has 3 aromatic carbocycles. The van der Waals surface area contributed by atoms with E-state index in [4.69, 9.17) is 14.6 Å². The maximum absolute atomic E-state index is 12.6. The highest BCUT2D eigenvalue weighted by atomic mass is 79.9. The number of hydrogen-bond donors (Lipinski definition) is 3. The summed E-state index contributed by atoms with van der Waals surface area (Å²) in [5, 5.41) is 15.4. The van der Waals surface area contributed by atoms with Crippen molar-refractivity contribution in [1.82, 2.24) is 5.32 Å². The topological polar surface area (TPSA) is 96.9 Å². The summed E-state index contributed by atoms with van der Waals surface area (Å²) < 4.78 is 12.5. The van der Waals surface area contributed by atoms with E-state index < -0.39 is 5.97 Å². The van der Waals surface area contributed by atoms with Crippen molar-refractivity contribution in [2.45, 2.75) is 32.4 Å². The predicted molar refractivity (Wildman–Crippen MR) is 150 cm³/mol. The van der Waals surface area contributed by atoms with Crippen LogP contribution in [0, 0.1) is 0 Å². The summed E-state index contributed by atoms with van der Waals surface area (Å²) in [4.78, 5) is 24.3. The first-order valence-corrected chi connectivity index (χ1v) is 13.5. The van der Waals surface area contributed by atoms with Crippen LogP contribution in [0.25, 0.3) is 6.08 Å². The Morgan fingerprint density at radius 3 is 2.38 bits per heavy atom. The fourth-order valence-electron chi connectivity index (χ4n) is 3.64. The fourth-order valence-corrected chi connectivity index (χ4v) is 5.05. The first kappa shape index (κ1) is 26.6. The average molecular weight is 584 g/mol. The van der Waals surface area contributed by atoms with Crippen LogP contribution in [0.15, 0.2) is 70.0 Å². The van der Waals surface area contributed by atoms with Gasteiger partial charge in [-0.25, -0.2) is 4.79 Å². The zero-order valence-electron chi connectivity index (χ0n) is 20.4. The molecule has 1 aliphatic rings. The number of aromatic carboxylic acids is 1. The van der Waals surface area contributed by atoms with Crippen molar-refractivity contribution in [1.29, 1.82) is 0 Å². The third kappa shape index (κ3) is 6.87. The minimum atomic E-state index is -0.971. The van der Waals surface area contributed by atoms with E-state index in [9.17, 15) is 9.59 Å². The molecule has 0 aromatic heterocycles. The number of thioether (sulfide) groups is 1. The maximum atomic E-state index is 12.6. The molecule has 1 atom stereocenters. The normalized spacial score (nSPS) is 15.9. The molecular formula is C28H27BrN2O5S. The molecule has 1 saturated heterocycles. The molecule has 0 spiro atoms. The number of ether oxygens (including phenoxy) is 2. The molecule has 9 heteroatoms. The average Bonchev–Trinajstić information content (AvgIpc) is 3.23. The van der Waals surface area contributed by atoms with Gasteiger partial charge in [0.1, 0.15) is 6.61 Å². The molecule has 3 aromatic rings. The minimum Gasteiger partial charge on any atom is -0.490 e. The molecule has 1 heterocycles. The van der Waals surface area contributed by atoms with Crippen LogP contribution >= 0.6 is 27.7 Å². The molecular weight excluding hydrogens is 556 g/mol. The highest BCUT2D eigenvalue weighted by molar-refractivity contribution is 9.10. The second-order valence-electron chi connectivity index (χ2n) is 8.22. The molecule has 0 aliphatic carbocycles. The van der Waals surface area contributed by atoms with Crippen LogP contribution in [0.3, 0.4) is 0 Å². The lowest BCUT2D eigenvalue weighted by atomic mass is 10.1. The lowest BCUT2D eigenvalue weighted by Crippen LogP contribution is -2.30. The predicted octanol–water partition coefficient (Wildman–Crippen LogP) is 6.29. The van der Waals surface area contributed by atoms with Crippen molar-refractivity contribution in [2.75, 3.05) is 11.9 Å². The summed E-state index contributed by atoms with van der Waals surface area (Å²) in [7, 11) is 0. The smallest absolute Gasteiger partial charge is 0.335 e. The van der Waals surface area contributed by atoms with Crippen molar-refractivity contribution in [3.63, 3.8) is 0 Å². The van der Waals surface area contributed by atoms with Gasteiger partial charge in [-0.15, -0.1) is 0 Å². The van der Waals surface area contributed by atoms with E-state index in [1.54, 1.807) is 24.3 Å². The number of amides is 1. The van der Waals surface area contributed by atoms with E-state index in [1.165, 1.54) is 17.3 Å². The summed E-state index contributed by atoms with van der Waals surface area (Å²) in [5.41, 5.74) is 3.76. The number of carboxylic acid groups (broad SMARTS) is 1. The standard InChI is InChI=1S/C28H27BrN2O5S/c1-3-17-7-11-21(12-8-17)30-28-31-26(32)25(37-28)14-20-13-23(35-4-2)24(15-22(20)29)36-16-18-5-9-19(10-6-18)27(33)34/h5-15,28,30H,3-4,16H2,1-2H3,(H,31,32)(H,33,34)/b25-14-/t28-/m1/s1. The van der Waals surface area contributed by atoms with E-state index in [-0.39, 0.29) is 23.6 Å². The quantitative estimate of drug-likeness (QED) is 0.242. The number of carboxylic acids is 1. The van der Waals surface area contributed by atoms with Gasteiger partial charge in [-0.05, 0) is 72.5 Å². The van der Waals surface area contributed by atoms with Crippen LogP contribution in [0.4, 0.5) is 5.69 Å². The Morgan fingerprint density at radius 2 is 1.73 bits per heavy atom. The van der Waals surface area contributed by atoms with Crippen LogP contribution in [0.2, 0.25) is 0 Å². The molecule has 1 fully saturated rings. The summed E-state index contributed by atoms with van der Waals surface area (Å²) >= 11 is 5.01. The van der Waals surface area contributed by atoms with Crippen molar-refractivity contribution >= 4 is 51.3 Å². The molecule has 1 aliphatic heterocycles. The molecule has 0 radical (unpaired) electrons. The van der Waals surface area contributed by atoms with Crippen LogP contribution in [-0.2, 0) is 17.8 Å². The third-order valence-corrected chi connectivity index (χ3v) is 7.35. The molecule has 0 bridgehead atoms. The number of anilines is 1. The monoisotopic (exact) mass is 582 g/mol. The lowest BCUT2D eigenvalue weighted by Gasteiger charge is -2.14. The van der Waals surface area contributed by atoms with Gasteiger partial charge in [-0.2, -0.15) is 0 Å². The second-order valence-corrected chi connectivity index (χ2v) is 10.2. The Morgan fingerprint density at radius 1 is 1.05 bits per heavy atom. The molecule has 1 amide bonds. The van der Waals surface area contributed by atoms with Crippen molar-refractivity contribution < 1.29 is 24.2 Å². The van der Waals surface area contributed by atoms with E-state index in [1.807, 2.05) is 37.3 Å². The van der Waals surface area contributed by atoms with E-state index in [2.05, 4.69) is 45.6 Å².